The third kappa shape index (κ3) is 3.91. The Morgan fingerprint density at radius 3 is 2.85 bits per heavy atom. The van der Waals surface area contributed by atoms with E-state index in [2.05, 4.69) is 10.3 Å². The van der Waals surface area contributed by atoms with Gasteiger partial charge in [0.25, 0.3) is 5.91 Å². The Kier molecular flexibility index (Phi) is 4.99. The summed E-state index contributed by atoms with van der Waals surface area (Å²) >= 11 is 0. The monoisotopic (exact) mass is 362 g/mol. The van der Waals surface area contributed by atoms with Crippen molar-refractivity contribution in [2.45, 2.75) is 52.2 Å². The maximum atomic E-state index is 12.8. The summed E-state index contributed by atoms with van der Waals surface area (Å²) in [6.07, 6.45) is 4.85. The predicted octanol–water partition coefficient (Wildman–Crippen LogP) is 5.22. The van der Waals surface area contributed by atoms with Crippen LogP contribution in [0.3, 0.4) is 0 Å². The molecule has 1 amide bonds. The van der Waals surface area contributed by atoms with Crippen molar-refractivity contribution in [3.63, 3.8) is 0 Å². The molecule has 4 nitrogen and oxygen atoms in total. The Morgan fingerprint density at radius 1 is 1.15 bits per heavy atom. The molecule has 1 heterocycles. The van der Waals surface area contributed by atoms with Crippen LogP contribution in [0.4, 0.5) is 5.69 Å². The fraction of sp³-hybridized carbons (Fsp3) is 0.348. The lowest BCUT2D eigenvalue weighted by molar-refractivity contribution is 0.0657. The molecule has 2 N–H and O–H groups in total. The van der Waals surface area contributed by atoms with Gasteiger partial charge < -0.3 is 15.0 Å². The highest BCUT2D eigenvalue weighted by Crippen LogP contribution is 2.30. The van der Waals surface area contributed by atoms with Crippen molar-refractivity contribution >= 4 is 22.5 Å². The van der Waals surface area contributed by atoms with Crippen molar-refractivity contribution in [3.8, 4) is 0 Å². The second kappa shape index (κ2) is 7.57. The third-order valence-corrected chi connectivity index (χ3v) is 5.13. The maximum Gasteiger partial charge on any atom is 0.255 e. The molecule has 3 aromatic rings. The Morgan fingerprint density at radius 2 is 2.00 bits per heavy atom. The summed E-state index contributed by atoms with van der Waals surface area (Å²) in [4.78, 5) is 16.3. The Labute approximate surface area is 159 Å². The van der Waals surface area contributed by atoms with E-state index in [1.165, 1.54) is 29.5 Å². The van der Waals surface area contributed by atoms with Crippen molar-refractivity contribution in [1.82, 2.24) is 4.98 Å². The van der Waals surface area contributed by atoms with Gasteiger partial charge in [-0.25, -0.2) is 0 Å². The number of carbonyl (C=O) groups excluding carboxylic acids is 1. The average Bonchev–Trinajstić information content (AvgIpc) is 3.04. The highest BCUT2D eigenvalue weighted by Gasteiger charge is 2.17. The van der Waals surface area contributed by atoms with Crippen molar-refractivity contribution in [2.75, 3.05) is 5.32 Å². The number of amides is 1. The van der Waals surface area contributed by atoms with Crippen molar-refractivity contribution in [2.24, 2.45) is 0 Å². The Bertz CT molecular complexity index is 972. The number of hydrogen-bond donors (Lipinski definition) is 2. The summed E-state index contributed by atoms with van der Waals surface area (Å²) in [5, 5.41) is 4.21. The molecule has 0 atom stereocenters. The molecule has 1 aromatic heterocycles. The molecule has 0 saturated heterocycles. The fourth-order valence-electron chi connectivity index (χ4n) is 3.75. The van der Waals surface area contributed by atoms with Gasteiger partial charge in [0, 0.05) is 27.8 Å². The molecule has 27 heavy (non-hydrogen) atoms. The number of aromatic nitrogens is 1. The van der Waals surface area contributed by atoms with Gasteiger partial charge in [-0.15, -0.1) is 0 Å². The number of aryl methyl sites for hydroxylation is 2. The highest BCUT2D eigenvalue weighted by molar-refractivity contribution is 6.06. The van der Waals surface area contributed by atoms with Crippen molar-refractivity contribution < 1.29 is 9.53 Å². The van der Waals surface area contributed by atoms with Gasteiger partial charge in [0.2, 0.25) is 0 Å². The summed E-state index contributed by atoms with van der Waals surface area (Å²) in [6.45, 7) is 4.58. The number of benzene rings is 2. The van der Waals surface area contributed by atoms with Crippen LogP contribution >= 0.6 is 0 Å². The highest BCUT2D eigenvalue weighted by atomic mass is 16.5. The van der Waals surface area contributed by atoms with Crippen LogP contribution < -0.4 is 5.32 Å². The zero-order chi connectivity index (χ0) is 18.8. The molecule has 0 saturated carbocycles. The number of fused-ring (bicyclic) bond motifs is 3. The molecule has 0 spiro atoms. The lowest BCUT2D eigenvalue weighted by Gasteiger charge is -2.11. The van der Waals surface area contributed by atoms with Crippen molar-refractivity contribution in [3.05, 3.63) is 64.8 Å². The number of anilines is 1. The summed E-state index contributed by atoms with van der Waals surface area (Å²) in [7, 11) is 0. The number of rotatable bonds is 5. The molecule has 0 fully saturated rings. The Balaban J connectivity index is 1.54. The van der Waals surface area contributed by atoms with Gasteiger partial charge in [-0.05, 0) is 81.0 Å². The van der Waals surface area contributed by atoms with Gasteiger partial charge in [-0.1, -0.05) is 12.1 Å². The zero-order valence-electron chi connectivity index (χ0n) is 16.0. The minimum absolute atomic E-state index is 0.0791. The molecule has 0 radical (unpaired) electrons. The molecule has 1 aliphatic carbocycles. The molecular formula is C23H26N2O2. The molecule has 140 valence electrons. The quantitative estimate of drug-likeness (QED) is 0.653. The number of carbonyl (C=O) groups is 1. The van der Waals surface area contributed by atoms with E-state index in [0.29, 0.717) is 12.2 Å². The number of hydrogen-bond acceptors (Lipinski definition) is 2. The van der Waals surface area contributed by atoms with E-state index >= 15 is 0 Å². The minimum atomic E-state index is -0.0791. The van der Waals surface area contributed by atoms with Crippen LogP contribution in [0, 0.1) is 0 Å². The normalized spacial score (nSPS) is 13.7. The standard InChI is InChI=1S/C23H26N2O2/c1-15(2)27-14-16-6-5-7-18(12-16)24-23(26)17-10-11-22-20(13-17)19-8-3-4-9-21(19)25-22/h5-7,10-13,15,25H,3-4,8-9,14H2,1-2H3,(H,24,26). The van der Waals surface area contributed by atoms with Crippen LogP contribution in [0.25, 0.3) is 10.9 Å². The van der Waals surface area contributed by atoms with Gasteiger partial charge in [-0.2, -0.15) is 0 Å². The SMILES string of the molecule is CC(C)OCc1cccc(NC(=O)c2ccc3[nH]c4c(c3c2)CCCC4)c1. The number of H-pyrrole nitrogens is 1. The topological polar surface area (TPSA) is 54.1 Å². The van der Waals surface area contributed by atoms with E-state index in [0.717, 1.165) is 29.6 Å². The van der Waals surface area contributed by atoms with Gasteiger partial charge in [-0.3, -0.25) is 4.79 Å². The van der Waals surface area contributed by atoms with Crippen LogP contribution in [0.1, 0.15) is 53.9 Å². The molecule has 4 rings (SSSR count). The second-order valence-electron chi connectivity index (χ2n) is 7.56. The largest absolute Gasteiger partial charge is 0.374 e. The van der Waals surface area contributed by atoms with Crippen LogP contribution in [0.5, 0.6) is 0 Å². The average molecular weight is 362 g/mol. The number of ether oxygens (including phenoxy) is 1. The maximum absolute atomic E-state index is 12.8. The lowest BCUT2D eigenvalue weighted by Crippen LogP contribution is -2.12. The first kappa shape index (κ1) is 17.8. The molecule has 2 aromatic carbocycles. The molecule has 0 unspecified atom stereocenters. The Hall–Kier alpha value is -2.59. The lowest BCUT2D eigenvalue weighted by atomic mass is 9.95. The first-order chi connectivity index (χ1) is 13.1. The van der Waals surface area contributed by atoms with E-state index in [9.17, 15) is 4.79 Å². The van der Waals surface area contributed by atoms with Gasteiger partial charge in [0.15, 0.2) is 0 Å². The molecule has 0 aliphatic heterocycles. The fourth-order valence-corrected chi connectivity index (χ4v) is 3.75. The summed E-state index contributed by atoms with van der Waals surface area (Å²) in [5.41, 5.74) is 6.40. The van der Waals surface area contributed by atoms with Crippen LogP contribution in [-0.2, 0) is 24.2 Å². The molecule has 0 bridgehead atoms. The first-order valence-corrected chi connectivity index (χ1v) is 9.75. The first-order valence-electron chi connectivity index (χ1n) is 9.75. The van der Waals surface area contributed by atoms with E-state index in [4.69, 9.17) is 4.74 Å². The summed E-state index contributed by atoms with van der Waals surface area (Å²) in [5.74, 6) is -0.0791. The summed E-state index contributed by atoms with van der Waals surface area (Å²) in [6, 6.07) is 13.8. The van der Waals surface area contributed by atoms with E-state index in [-0.39, 0.29) is 12.0 Å². The molecular weight excluding hydrogens is 336 g/mol. The van der Waals surface area contributed by atoms with Gasteiger partial charge in [0.1, 0.15) is 0 Å². The molecule has 4 heteroatoms. The minimum Gasteiger partial charge on any atom is -0.374 e. The third-order valence-electron chi connectivity index (χ3n) is 5.13. The molecule has 1 aliphatic rings. The van der Waals surface area contributed by atoms with Gasteiger partial charge >= 0.3 is 0 Å². The van der Waals surface area contributed by atoms with E-state index < -0.39 is 0 Å². The van der Waals surface area contributed by atoms with Crippen LogP contribution in [-0.4, -0.2) is 17.0 Å². The van der Waals surface area contributed by atoms with E-state index in [1.54, 1.807) is 0 Å². The van der Waals surface area contributed by atoms with E-state index in [1.807, 2.05) is 56.3 Å². The van der Waals surface area contributed by atoms with Gasteiger partial charge in [0.05, 0.1) is 12.7 Å². The smallest absolute Gasteiger partial charge is 0.255 e. The van der Waals surface area contributed by atoms with Crippen LogP contribution in [0.2, 0.25) is 0 Å². The number of nitrogens with one attached hydrogen (secondary N) is 2. The predicted molar refractivity (Wildman–Crippen MR) is 109 cm³/mol. The zero-order valence-corrected chi connectivity index (χ0v) is 16.0. The van der Waals surface area contributed by atoms with Crippen molar-refractivity contribution in [1.29, 1.82) is 0 Å². The summed E-state index contributed by atoms with van der Waals surface area (Å²) < 4.78 is 5.65. The second-order valence-corrected chi connectivity index (χ2v) is 7.56. The van der Waals surface area contributed by atoms with Crippen LogP contribution in [0.15, 0.2) is 42.5 Å². The number of aromatic amines is 1.